The smallest absolute Gasteiger partial charge is 0.363 e. The minimum Gasteiger partial charge on any atom is -0.363 e. The van der Waals surface area contributed by atoms with Crippen LogP contribution in [-0.4, -0.2) is 26.3 Å². The molecule has 0 amide bonds. The Labute approximate surface area is 99.4 Å². The highest BCUT2D eigenvalue weighted by Gasteiger charge is 2.30. The van der Waals surface area contributed by atoms with E-state index in [1.807, 2.05) is 12.1 Å². The fraction of sp³-hybridized carbons (Fsp3) is 0.500. The van der Waals surface area contributed by atoms with Crippen LogP contribution in [0.3, 0.4) is 0 Å². The summed E-state index contributed by atoms with van der Waals surface area (Å²) in [7, 11) is 1.77. The number of para-hydroxylation sites is 1. The van der Waals surface area contributed by atoms with Gasteiger partial charge in [-0.2, -0.15) is 13.2 Å². The average Bonchev–Trinajstić information content (AvgIpc) is 2.26. The molecule has 0 aliphatic heterocycles. The third kappa shape index (κ3) is 4.26. The number of alkyl halides is 3. The van der Waals surface area contributed by atoms with Crippen molar-refractivity contribution in [3.8, 4) is 0 Å². The van der Waals surface area contributed by atoms with Crippen LogP contribution in [0.25, 0.3) is 0 Å². The predicted octanol–water partition coefficient (Wildman–Crippen LogP) is 2.79. The summed E-state index contributed by atoms with van der Waals surface area (Å²) >= 11 is 0. The van der Waals surface area contributed by atoms with Crippen molar-refractivity contribution in [1.82, 2.24) is 5.32 Å². The maximum absolute atomic E-state index is 12.4. The molecule has 0 atom stereocenters. The highest BCUT2D eigenvalue weighted by molar-refractivity contribution is 5.53. The van der Waals surface area contributed by atoms with Gasteiger partial charge in [0.15, 0.2) is 0 Å². The zero-order chi connectivity index (χ0) is 12.9. The molecule has 0 fully saturated rings. The molecule has 0 saturated heterocycles. The largest absolute Gasteiger partial charge is 0.405 e. The van der Waals surface area contributed by atoms with Crippen LogP contribution in [0, 0.1) is 0 Å². The Kier molecular flexibility index (Phi) is 4.81. The van der Waals surface area contributed by atoms with Gasteiger partial charge in [0, 0.05) is 18.8 Å². The monoisotopic (exact) mass is 246 g/mol. The number of halogens is 3. The molecule has 2 nitrogen and oxygen atoms in total. The van der Waals surface area contributed by atoms with E-state index in [2.05, 4.69) is 5.32 Å². The SMILES string of the molecule is CCN(CC(F)(F)F)c1ccccc1CNC. The second-order valence-corrected chi connectivity index (χ2v) is 3.79. The zero-order valence-corrected chi connectivity index (χ0v) is 10.0. The number of nitrogens with one attached hydrogen (secondary N) is 1. The molecule has 0 saturated carbocycles. The van der Waals surface area contributed by atoms with E-state index < -0.39 is 12.7 Å². The number of rotatable bonds is 5. The van der Waals surface area contributed by atoms with Crippen LogP contribution in [0.1, 0.15) is 12.5 Å². The highest BCUT2D eigenvalue weighted by Crippen LogP contribution is 2.25. The lowest BCUT2D eigenvalue weighted by atomic mass is 10.1. The lowest BCUT2D eigenvalue weighted by molar-refractivity contribution is -0.119. The molecular weight excluding hydrogens is 229 g/mol. The van der Waals surface area contributed by atoms with E-state index in [1.165, 1.54) is 4.90 Å². The Morgan fingerprint density at radius 2 is 1.88 bits per heavy atom. The van der Waals surface area contributed by atoms with E-state index in [0.29, 0.717) is 18.8 Å². The van der Waals surface area contributed by atoms with Gasteiger partial charge in [0.1, 0.15) is 6.54 Å². The standard InChI is InChI=1S/C12H17F3N2/c1-3-17(9-12(13,14)15)11-7-5-4-6-10(11)8-16-2/h4-7,16H,3,8-9H2,1-2H3. The maximum Gasteiger partial charge on any atom is 0.405 e. The van der Waals surface area contributed by atoms with E-state index in [-0.39, 0.29) is 0 Å². The first-order chi connectivity index (χ1) is 7.98. The summed E-state index contributed by atoms with van der Waals surface area (Å²) in [5.74, 6) is 0. The molecule has 0 unspecified atom stereocenters. The van der Waals surface area contributed by atoms with Crippen LogP contribution in [0.5, 0.6) is 0 Å². The Balaban J connectivity index is 2.94. The first-order valence-electron chi connectivity index (χ1n) is 5.52. The van der Waals surface area contributed by atoms with Gasteiger partial charge in [-0.15, -0.1) is 0 Å². The number of benzene rings is 1. The Morgan fingerprint density at radius 1 is 1.24 bits per heavy atom. The van der Waals surface area contributed by atoms with Gasteiger partial charge >= 0.3 is 6.18 Å². The summed E-state index contributed by atoms with van der Waals surface area (Å²) in [6, 6.07) is 7.15. The first-order valence-corrected chi connectivity index (χ1v) is 5.52. The number of nitrogens with zero attached hydrogens (tertiary/aromatic N) is 1. The van der Waals surface area contributed by atoms with Crippen LogP contribution in [-0.2, 0) is 6.54 Å². The van der Waals surface area contributed by atoms with Gasteiger partial charge in [-0.25, -0.2) is 0 Å². The van der Waals surface area contributed by atoms with Crippen molar-refractivity contribution in [3.05, 3.63) is 29.8 Å². The third-order valence-electron chi connectivity index (χ3n) is 2.45. The predicted molar refractivity (Wildman–Crippen MR) is 63.1 cm³/mol. The third-order valence-corrected chi connectivity index (χ3v) is 2.45. The lowest BCUT2D eigenvalue weighted by Crippen LogP contribution is -2.34. The van der Waals surface area contributed by atoms with Gasteiger partial charge in [0.2, 0.25) is 0 Å². The molecule has 0 bridgehead atoms. The van der Waals surface area contributed by atoms with Crippen LogP contribution < -0.4 is 10.2 Å². The molecule has 0 radical (unpaired) electrons. The van der Waals surface area contributed by atoms with Gasteiger partial charge in [-0.3, -0.25) is 0 Å². The molecule has 0 aliphatic carbocycles. The van der Waals surface area contributed by atoms with Crippen LogP contribution in [0.15, 0.2) is 24.3 Å². The molecule has 0 heterocycles. The molecule has 96 valence electrons. The normalized spacial score (nSPS) is 11.6. The molecule has 0 aliphatic rings. The van der Waals surface area contributed by atoms with Gasteiger partial charge in [-0.1, -0.05) is 18.2 Å². The van der Waals surface area contributed by atoms with Crippen LogP contribution in [0.2, 0.25) is 0 Å². The fourth-order valence-corrected chi connectivity index (χ4v) is 1.74. The molecule has 1 aromatic carbocycles. The summed E-state index contributed by atoms with van der Waals surface area (Å²) in [4.78, 5) is 1.34. The quantitative estimate of drug-likeness (QED) is 0.859. The highest BCUT2D eigenvalue weighted by atomic mass is 19.4. The Hall–Kier alpha value is -1.23. The Morgan fingerprint density at radius 3 is 2.41 bits per heavy atom. The van der Waals surface area contributed by atoms with Crippen molar-refractivity contribution >= 4 is 5.69 Å². The molecule has 1 rings (SSSR count). The molecule has 1 aromatic rings. The molecule has 0 aromatic heterocycles. The molecule has 17 heavy (non-hydrogen) atoms. The van der Waals surface area contributed by atoms with Crippen molar-refractivity contribution < 1.29 is 13.2 Å². The number of hydrogen-bond donors (Lipinski definition) is 1. The van der Waals surface area contributed by atoms with Crippen molar-refractivity contribution in [2.45, 2.75) is 19.6 Å². The molecule has 0 spiro atoms. The topological polar surface area (TPSA) is 15.3 Å². The van der Waals surface area contributed by atoms with E-state index in [4.69, 9.17) is 0 Å². The zero-order valence-electron chi connectivity index (χ0n) is 10.0. The van der Waals surface area contributed by atoms with Gasteiger partial charge < -0.3 is 10.2 Å². The van der Waals surface area contributed by atoms with Crippen LogP contribution >= 0.6 is 0 Å². The summed E-state index contributed by atoms with van der Waals surface area (Å²) in [6.45, 7) is 1.71. The number of hydrogen-bond acceptors (Lipinski definition) is 2. The van der Waals surface area contributed by atoms with Gasteiger partial charge in [-0.05, 0) is 25.6 Å². The summed E-state index contributed by atoms with van der Waals surface area (Å²) < 4.78 is 37.3. The van der Waals surface area contributed by atoms with Crippen molar-refractivity contribution in [2.75, 3.05) is 25.0 Å². The van der Waals surface area contributed by atoms with E-state index in [1.54, 1.807) is 26.1 Å². The number of anilines is 1. The van der Waals surface area contributed by atoms with Crippen molar-refractivity contribution in [1.29, 1.82) is 0 Å². The van der Waals surface area contributed by atoms with E-state index >= 15 is 0 Å². The Bertz CT molecular complexity index is 350. The molecular formula is C12H17F3N2. The van der Waals surface area contributed by atoms with Crippen molar-refractivity contribution in [2.24, 2.45) is 0 Å². The van der Waals surface area contributed by atoms with E-state index in [0.717, 1.165) is 5.56 Å². The fourth-order valence-electron chi connectivity index (χ4n) is 1.74. The molecule has 5 heteroatoms. The van der Waals surface area contributed by atoms with Crippen LogP contribution in [0.4, 0.5) is 18.9 Å². The lowest BCUT2D eigenvalue weighted by Gasteiger charge is -2.26. The molecule has 1 N–H and O–H groups in total. The maximum atomic E-state index is 12.4. The summed E-state index contributed by atoms with van der Waals surface area (Å²) in [5.41, 5.74) is 1.52. The summed E-state index contributed by atoms with van der Waals surface area (Å²) in [5, 5.41) is 2.96. The second kappa shape index (κ2) is 5.91. The van der Waals surface area contributed by atoms with E-state index in [9.17, 15) is 13.2 Å². The first kappa shape index (κ1) is 13.8. The van der Waals surface area contributed by atoms with Crippen molar-refractivity contribution in [3.63, 3.8) is 0 Å². The minimum absolute atomic E-state index is 0.334. The summed E-state index contributed by atoms with van der Waals surface area (Å²) in [6.07, 6.45) is -4.18. The minimum atomic E-state index is -4.18. The second-order valence-electron chi connectivity index (χ2n) is 3.79. The average molecular weight is 246 g/mol. The van der Waals surface area contributed by atoms with Gasteiger partial charge in [0.05, 0.1) is 0 Å². The van der Waals surface area contributed by atoms with Gasteiger partial charge in [0.25, 0.3) is 0 Å².